The largest absolute Gasteiger partial charge is 0.330 e. The molecule has 0 saturated carbocycles. The summed E-state index contributed by atoms with van der Waals surface area (Å²) in [7, 11) is -3.80. The molecule has 2 N–H and O–H groups in total. The van der Waals surface area contributed by atoms with Crippen LogP contribution in [0.1, 0.15) is 5.56 Å². The molecule has 0 aromatic carbocycles. The highest BCUT2D eigenvalue weighted by molar-refractivity contribution is 7.92. The SMILES string of the molecule is NCCc1cn(S(=O)(=O)c2cc(Cl)c(Cl)s2)c2ncccc12. The smallest absolute Gasteiger partial charge is 0.278 e. The molecular formula is C13H11Cl2N3O2S2. The minimum atomic E-state index is -3.80. The number of rotatable bonds is 4. The van der Waals surface area contributed by atoms with Gasteiger partial charge >= 0.3 is 0 Å². The van der Waals surface area contributed by atoms with Gasteiger partial charge in [-0.25, -0.2) is 8.96 Å². The standard InChI is InChI=1S/C13H11Cl2N3O2S2/c14-10-6-11(21-12(10)15)22(19,20)18-7-8(3-4-16)9-2-1-5-17-13(9)18/h1-2,5-7H,3-4,16H2. The van der Waals surface area contributed by atoms with Crippen molar-refractivity contribution in [2.24, 2.45) is 5.73 Å². The number of fused-ring (bicyclic) bond motifs is 1. The molecule has 0 aliphatic rings. The van der Waals surface area contributed by atoms with Gasteiger partial charge in [0.05, 0.1) is 5.02 Å². The first kappa shape index (κ1) is 15.8. The fourth-order valence-electron chi connectivity index (χ4n) is 2.18. The van der Waals surface area contributed by atoms with Crippen LogP contribution in [0.2, 0.25) is 9.36 Å². The summed E-state index contributed by atoms with van der Waals surface area (Å²) in [4.78, 5) is 4.19. The molecule has 0 atom stereocenters. The second-order valence-electron chi connectivity index (χ2n) is 4.56. The van der Waals surface area contributed by atoms with Crippen molar-refractivity contribution in [3.63, 3.8) is 0 Å². The Bertz CT molecular complexity index is 928. The number of nitrogens with zero attached hydrogens (tertiary/aromatic N) is 2. The van der Waals surface area contributed by atoms with Crippen molar-refractivity contribution in [2.75, 3.05) is 6.54 Å². The Labute approximate surface area is 141 Å². The van der Waals surface area contributed by atoms with E-state index in [2.05, 4.69) is 4.98 Å². The Morgan fingerprint density at radius 3 is 2.77 bits per heavy atom. The van der Waals surface area contributed by atoms with E-state index in [9.17, 15) is 8.42 Å². The number of hydrogen-bond donors (Lipinski definition) is 1. The molecule has 0 fully saturated rings. The molecule has 3 rings (SSSR count). The summed E-state index contributed by atoms with van der Waals surface area (Å²) in [5, 5.41) is 0.988. The molecule has 3 heterocycles. The van der Waals surface area contributed by atoms with Crippen LogP contribution in [-0.2, 0) is 16.4 Å². The zero-order valence-corrected chi connectivity index (χ0v) is 14.3. The van der Waals surface area contributed by atoms with Gasteiger partial charge in [0.2, 0.25) is 0 Å². The minimum absolute atomic E-state index is 0.0735. The number of thiophene rings is 1. The zero-order valence-electron chi connectivity index (χ0n) is 11.2. The van der Waals surface area contributed by atoms with E-state index in [4.69, 9.17) is 28.9 Å². The Hall–Kier alpha value is -1.12. The van der Waals surface area contributed by atoms with Crippen LogP contribution in [0.25, 0.3) is 11.0 Å². The average Bonchev–Trinajstić information content (AvgIpc) is 3.02. The van der Waals surface area contributed by atoms with Crippen LogP contribution in [0.4, 0.5) is 0 Å². The fourth-order valence-corrected chi connectivity index (χ4v) is 5.50. The van der Waals surface area contributed by atoms with Crippen LogP contribution in [0, 0.1) is 0 Å². The number of nitrogens with two attached hydrogens (primary N) is 1. The molecule has 3 aromatic heterocycles. The predicted octanol–water partition coefficient (Wildman–Crippen LogP) is 3.14. The first-order valence-electron chi connectivity index (χ1n) is 6.30. The van der Waals surface area contributed by atoms with E-state index in [0.717, 1.165) is 26.3 Å². The first-order chi connectivity index (χ1) is 10.4. The van der Waals surface area contributed by atoms with E-state index < -0.39 is 10.0 Å². The summed E-state index contributed by atoms with van der Waals surface area (Å²) < 4.78 is 27.1. The van der Waals surface area contributed by atoms with Crippen molar-refractivity contribution in [2.45, 2.75) is 10.6 Å². The van der Waals surface area contributed by atoms with Crippen LogP contribution in [0.3, 0.4) is 0 Å². The van der Waals surface area contributed by atoms with E-state index in [-0.39, 0.29) is 13.6 Å². The van der Waals surface area contributed by atoms with Crippen LogP contribution in [0.5, 0.6) is 0 Å². The molecule has 0 bridgehead atoms. The third kappa shape index (κ3) is 2.53. The second-order valence-corrected chi connectivity index (χ2v) is 8.66. The molecule has 5 nitrogen and oxygen atoms in total. The molecule has 116 valence electrons. The Balaban J connectivity index is 2.25. The topological polar surface area (TPSA) is 78.0 Å². The van der Waals surface area contributed by atoms with Crippen molar-refractivity contribution in [3.05, 3.63) is 45.5 Å². The van der Waals surface area contributed by atoms with Crippen molar-refractivity contribution in [3.8, 4) is 0 Å². The Kier molecular flexibility index (Phi) is 4.17. The van der Waals surface area contributed by atoms with E-state index >= 15 is 0 Å². The van der Waals surface area contributed by atoms with Crippen molar-refractivity contribution in [1.82, 2.24) is 8.96 Å². The van der Waals surface area contributed by atoms with Gasteiger partial charge in [0.15, 0.2) is 5.65 Å². The van der Waals surface area contributed by atoms with Gasteiger partial charge in [0.1, 0.15) is 8.55 Å². The van der Waals surface area contributed by atoms with Crippen molar-refractivity contribution < 1.29 is 8.42 Å². The van der Waals surface area contributed by atoms with Gasteiger partial charge in [-0.15, -0.1) is 11.3 Å². The summed E-state index contributed by atoms with van der Waals surface area (Å²) in [5.41, 5.74) is 6.80. The molecule has 0 spiro atoms. The molecule has 0 saturated heterocycles. The van der Waals surface area contributed by atoms with Crippen LogP contribution < -0.4 is 5.73 Å². The molecule has 0 aliphatic carbocycles. The molecule has 3 aromatic rings. The van der Waals surface area contributed by atoms with E-state index in [1.165, 1.54) is 6.07 Å². The molecule has 0 aliphatic heterocycles. The van der Waals surface area contributed by atoms with Gasteiger partial charge in [0.25, 0.3) is 10.0 Å². The maximum atomic E-state index is 12.8. The van der Waals surface area contributed by atoms with Gasteiger partial charge in [-0.1, -0.05) is 23.2 Å². The maximum absolute atomic E-state index is 12.8. The van der Waals surface area contributed by atoms with E-state index in [0.29, 0.717) is 18.6 Å². The quantitative estimate of drug-likeness (QED) is 0.759. The molecule has 0 unspecified atom stereocenters. The lowest BCUT2D eigenvalue weighted by Crippen LogP contribution is -2.11. The number of hydrogen-bond acceptors (Lipinski definition) is 5. The predicted molar refractivity (Wildman–Crippen MR) is 89.4 cm³/mol. The monoisotopic (exact) mass is 375 g/mol. The normalized spacial score (nSPS) is 12.1. The Morgan fingerprint density at radius 1 is 1.36 bits per heavy atom. The highest BCUT2D eigenvalue weighted by atomic mass is 35.5. The number of pyridine rings is 1. The third-order valence-electron chi connectivity index (χ3n) is 3.16. The van der Waals surface area contributed by atoms with Crippen LogP contribution in [0.15, 0.2) is 34.8 Å². The maximum Gasteiger partial charge on any atom is 0.278 e. The lowest BCUT2D eigenvalue weighted by Gasteiger charge is -2.03. The lowest BCUT2D eigenvalue weighted by molar-refractivity contribution is 0.590. The number of halogens is 2. The highest BCUT2D eigenvalue weighted by Gasteiger charge is 2.24. The number of aromatic nitrogens is 2. The van der Waals surface area contributed by atoms with Crippen molar-refractivity contribution >= 4 is 55.6 Å². The second kappa shape index (κ2) is 5.82. The van der Waals surface area contributed by atoms with Gasteiger partial charge in [-0.05, 0) is 36.7 Å². The summed E-state index contributed by atoms with van der Waals surface area (Å²) >= 11 is 12.7. The minimum Gasteiger partial charge on any atom is -0.330 e. The summed E-state index contributed by atoms with van der Waals surface area (Å²) in [5.74, 6) is 0. The molecular weight excluding hydrogens is 365 g/mol. The molecule has 22 heavy (non-hydrogen) atoms. The molecule has 0 amide bonds. The van der Waals surface area contributed by atoms with Gasteiger partial charge in [0, 0.05) is 17.8 Å². The van der Waals surface area contributed by atoms with Gasteiger partial charge < -0.3 is 5.73 Å². The van der Waals surface area contributed by atoms with E-state index in [1.54, 1.807) is 18.5 Å². The van der Waals surface area contributed by atoms with Crippen LogP contribution >= 0.6 is 34.5 Å². The first-order valence-corrected chi connectivity index (χ1v) is 9.32. The molecule has 0 radical (unpaired) electrons. The highest BCUT2D eigenvalue weighted by Crippen LogP contribution is 2.36. The van der Waals surface area contributed by atoms with Crippen molar-refractivity contribution in [1.29, 1.82) is 0 Å². The lowest BCUT2D eigenvalue weighted by atomic mass is 10.2. The summed E-state index contributed by atoms with van der Waals surface area (Å²) in [6.45, 7) is 0.421. The average molecular weight is 376 g/mol. The van der Waals surface area contributed by atoms with E-state index in [1.807, 2.05) is 6.07 Å². The van der Waals surface area contributed by atoms with Gasteiger partial charge in [-0.3, -0.25) is 0 Å². The van der Waals surface area contributed by atoms with Gasteiger partial charge in [-0.2, -0.15) is 8.42 Å². The Morgan fingerprint density at radius 2 is 2.14 bits per heavy atom. The summed E-state index contributed by atoms with van der Waals surface area (Å²) in [6, 6.07) is 4.94. The fraction of sp³-hybridized carbons (Fsp3) is 0.154. The summed E-state index contributed by atoms with van der Waals surface area (Å²) in [6.07, 6.45) is 3.67. The van der Waals surface area contributed by atoms with Crippen LogP contribution in [-0.4, -0.2) is 23.9 Å². The zero-order chi connectivity index (χ0) is 15.9. The third-order valence-corrected chi connectivity index (χ3v) is 7.13. The molecule has 9 heteroatoms.